The molecule has 1 aliphatic carbocycles. The normalized spacial score (nSPS) is 18.9. The summed E-state index contributed by atoms with van der Waals surface area (Å²) >= 11 is 0. The van der Waals surface area contributed by atoms with Crippen LogP contribution in [-0.2, 0) is 9.59 Å². The molecule has 5 nitrogen and oxygen atoms in total. The molecule has 1 N–H and O–H groups in total. The van der Waals surface area contributed by atoms with E-state index in [9.17, 15) is 9.59 Å². The van der Waals surface area contributed by atoms with E-state index in [1.165, 1.54) is 19.3 Å². The van der Waals surface area contributed by atoms with Crippen molar-refractivity contribution in [2.24, 2.45) is 11.8 Å². The first-order valence-corrected chi connectivity index (χ1v) is 9.99. The Bertz CT molecular complexity index is 613. The van der Waals surface area contributed by atoms with Gasteiger partial charge in [-0.3, -0.25) is 9.59 Å². The Balaban J connectivity index is 1.52. The molecule has 2 aliphatic rings. The number of carbonyl (C=O) groups excluding carboxylic acids is 2. The molecule has 0 spiro atoms. The molecule has 1 saturated carbocycles. The average Bonchev–Trinajstić information content (AvgIpc) is 2.69. The van der Waals surface area contributed by atoms with E-state index < -0.39 is 0 Å². The van der Waals surface area contributed by atoms with Crippen molar-refractivity contribution in [2.45, 2.75) is 46.0 Å². The number of hydrogen-bond donors (Lipinski definition) is 1. The van der Waals surface area contributed by atoms with E-state index in [0.717, 1.165) is 50.4 Å². The number of piperazine rings is 1. The van der Waals surface area contributed by atoms with Crippen LogP contribution in [0.1, 0.15) is 46.0 Å². The zero-order valence-corrected chi connectivity index (χ0v) is 16.0. The predicted octanol–water partition coefficient (Wildman–Crippen LogP) is 3.51. The van der Waals surface area contributed by atoms with Crippen LogP contribution in [0.25, 0.3) is 0 Å². The summed E-state index contributed by atoms with van der Waals surface area (Å²) in [6.07, 6.45) is 5.63. The number of rotatable bonds is 4. The van der Waals surface area contributed by atoms with Crippen molar-refractivity contribution in [2.75, 3.05) is 36.4 Å². The van der Waals surface area contributed by atoms with Gasteiger partial charge in [-0.2, -0.15) is 0 Å². The molecular formula is C21H31N3O2. The first kappa shape index (κ1) is 18.7. The predicted molar refractivity (Wildman–Crippen MR) is 105 cm³/mol. The van der Waals surface area contributed by atoms with Crippen molar-refractivity contribution in [3.8, 4) is 0 Å². The molecule has 1 aliphatic heterocycles. The van der Waals surface area contributed by atoms with Crippen LogP contribution in [0.15, 0.2) is 24.3 Å². The van der Waals surface area contributed by atoms with E-state index in [1.54, 1.807) is 0 Å². The minimum Gasteiger partial charge on any atom is -0.368 e. The number of nitrogens with zero attached hydrogens (tertiary/aromatic N) is 2. The molecule has 0 atom stereocenters. The Hall–Kier alpha value is -2.04. The van der Waals surface area contributed by atoms with Gasteiger partial charge in [0.15, 0.2) is 0 Å². The topological polar surface area (TPSA) is 52.7 Å². The maximum atomic E-state index is 12.4. The molecule has 0 bridgehead atoms. The van der Waals surface area contributed by atoms with E-state index in [-0.39, 0.29) is 23.7 Å². The van der Waals surface area contributed by atoms with E-state index >= 15 is 0 Å². The summed E-state index contributed by atoms with van der Waals surface area (Å²) in [7, 11) is 0. The van der Waals surface area contributed by atoms with Gasteiger partial charge < -0.3 is 15.1 Å². The third-order valence-electron chi connectivity index (χ3n) is 5.56. The molecule has 26 heavy (non-hydrogen) atoms. The SMILES string of the molecule is CC(C)C(=O)N1CCN(c2ccc(NC(=O)C3CCCCC3)cc2)CC1. The van der Waals surface area contributed by atoms with E-state index in [4.69, 9.17) is 0 Å². The fourth-order valence-electron chi connectivity index (χ4n) is 3.91. The highest BCUT2D eigenvalue weighted by Crippen LogP contribution is 2.26. The van der Waals surface area contributed by atoms with Crippen LogP contribution in [0.2, 0.25) is 0 Å². The largest absolute Gasteiger partial charge is 0.368 e. The molecule has 5 heteroatoms. The van der Waals surface area contributed by atoms with Crippen molar-refractivity contribution >= 4 is 23.2 Å². The molecule has 3 rings (SSSR count). The smallest absolute Gasteiger partial charge is 0.227 e. The van der Waals surface area contributed by atoms with Crippen LogP contribution >= 0.6 is 0 Å². The molecule has 1 aromatic carbocycles. The zero-order valence-electron chi connectivity index (χ0n) is 16.0. The number of nitrogens with one attached hydrogen (secondary N) is 1. The second-order valence-electron chi connectivity index (χ2n) is 7.84. The van der Waals surface area contributed by atoms with Gasteiger partial charge in [-0.15, -0.1) is 0 Å². The standard InChI is InChI=1S/C21H31N3O2/c1-16(2)21(26)24-14-12-23(13-15-24)19-10-8-18(9-11-19)22-20(25)17-6-4-3-5-7-17/h8-11,16-17H,3-7,12-15H2,1-2H3,(H,22,25). The molecule has 2 amide bonds. The van der Waals surface area contributed by atoms with Gasteiger partial charge in [0.25, 0.3) is 0 Å². The Morgan fingerprint density at radius 2 is 1.58 bits per heavy atom. The molecule has 0 aromatic heterocycles. The maximum absolute atomic E-state index is 12.4. The van der Waals surface area contributed by atoms with Crippen molar-refractivity contribution in [3.63, 3.8) is 0 Å². The van der Waals surface area contributed by atoms with Gasteiger partial charge in [0.1, 0.15) is 0 Å². The highest BCUT2D eigenvalue weighted by molar-refractivity contribution is 5.92. The lowest BCUT2D eigenvalue weighted by Gasteiger charge is -2.37. The molecule has 2 fully saturated rings. The van der Waals surface area contributed by atoms with Crippen molar-refractivity contribution in [1.29, 1.82) is 0 Å². The van der Waals surface area contributed by atoms with Gasteiger partial charge in [0.2, 0.25) is 11.8 Å². The van der Waals surface area contributed by atoms with E-state index in [1.807, 2.05) is 30.9 Å². The Morgan fingerprint density at radius 1 is 0.962 bits per heavy atom. The lowest BCUT2D eigenvalue weighted by molar-refractivity contribution is -0.134. The van der Waals surface area contributed by atoms with Gasteiger partial charge in [-0.05, 0) is 37.1 Å². The highest BCUT2D eigenvalue weighted by atomic mass is 16.2. The molecule has 1 heterocycles. The number of hydrogen-bond acceptors (Lipinski definition) is 3. The number of amides is 2. The van der Waals surface area contributed by atoms with Crippen molar-refractivity contribution in [3.05, 3.63) is 24.3 Å². The summed E-state index contributed by atoms with van der Waals surface area (Å²) in [5.74, 6) is 0.646. The van der Waals surface area contributed by atoms with Gasteiger partial charge in [-0.25, -0.2) is 0 Å². The van der Waals surface area contributed by atoms with Crippen LogP contribution in [0.4, 0.5) is 11.4 Å². The van der Waals surface area contributed by atoms with Crippen LogP contribution in [-0.4, -0.2) is 42.9 Å². The summed E-state index contributed by atoms with van der Waals surface area (Å²) in [5, 5.41) is 3.07. The first-order valence-electron chi connectivity index (χ1n) is 9.99. The first-order chi connectivity index (χ1) is 12.5. The lowest BCUT2D eigenvalue weighted by atomic mass is 9.88. The van der Waals surface area contributed by atoms with E-state index in [0.29, 0.717) is 0 Å². The molecule has 1 saturated heterocycles. The monoisotopic (exact) mass is 357 g/mol. The highest BCUT2D eigenvalue weighted by Gasteiger charge is 2.23. The summed E-state index contributed by atoms with van der Waals surface area (Å²) in [6, 6.07) is 8.11. The van der Waals surface area contributed by atoms with Gasteiger partial charge in [-0.1, -0.05) is 33.1 Å². The minimum atomic E-state index is 0.0635. The quantitative estimate of drug-likeness (QED) is 0.897. The third kappa shape index (κ3) is 4.57. The van der Waals surface area contributed by atoms with Gasteiger partial charge >= 0.3 is 0 Å². The molecule has 0 unspecified atom stereocenters. The van der Waals surface area contributed by atoms with Gasteiger partial charge in [0.05, 0.1) is 0 Å². The number of anilines is 2. The van der Waals surface area contributed by atoms with E-state index in [2.05, 4.69) is 22.3 Å². The minimum absolute atomic E-state index is 0.0635. The Kier molecular flexibility index (Phi) is 6.17. The van der Waals surface area contributed by atoms with Crippen LogP contribution in [0, 0.1) is 11.8 Å². The maximum Gasteiger partial charge on any atom is 0.227 e. The third-order valence-corrected chi connectivity index (χ3v) is 5.56. The Labute approximate surface area is 156 Å². The van der Waals surface area contributed by atoms with Crippen LogP contribution in [0.5, 0.6) is 0 Å². The second kappa shape index (κ2) is 8.56. The summed E-state index contributed by atoms with van der Waals surface area (Å²) < 4.78 is 0. The van der Waals surface area contributed by atoms with Crippen molar-refractivity contribution < 1.29 is 9.59 Å². The summed E-state index contributed by atoms with van der Waals surface area (Å²) in [5.41, 5.74) is 2.02. The van der Waals surface area contributed by atoms with Crippen molar-refractivity contribution in [1.82, 2.24) is 4.90 Å². The average molecular weight is 357 g/mol. The fourth-order valence-corrected chi connectivity index (χ4v) is 3.91. The molecular weight excluding hydrogens is 326 g/mol. The Morgan fingerprint density at radius 3 is 2.15 bits per heavy atom. The van der Waals surface area contributed by atoms with Crippen LogP contribution in [0.3, 0.4) is 0 Å². The fraction of sp³-hybridized carbons (Fsp3) is 0.619. The summed E-state index contributed by atoms with van der Waals surface area (Å²) in [6.45, 7) is 7.16. The molecule has 142 valence electrons. The summed E-state index contributed by atoms with van der Waals surface area (Å²) in [4.78, 5) is 28.7. The molecule has 1 aromatic rings. The molecule has 0 radical (unpaired) electrons. The van der Waals surface area contributed by atoms with Crippen LogP contribution < -0.4 is 10.2 Å². The lowest BCUT2D eigenvalue weighted by Crippen LogP contribution is -2.49. The number of benzene rings is 1. The second-order valence-corrected chi connectivity index (χ2v) is 7.84. The number of carbonyl (C=O) groups is 2. The van der Waals surface area contributed by atoms with Gasteiger partial charge in [0, 0.05) is 49.4 Å². The zero-order chi connectivity index (χ0) is 18.5.